The van der Waals surface area contributed by atoms with Crippen molar-refractivity contribution in [2.45, 2.75) is 75.8 Å². The molecule has 2 saturated carbocycles. The van der Waals surface area contributed by atoms with Crippen molar-refractivity contribution < 1.29 is 4.79 Å². The summed E-state index contributed by atoms with van der Waals surface area (Å²) in [5.74, 6) is 2.74. The largest absolute Gasteiger partial charge is 0.367 e. The minimum Gasteiger partial charge on any atom is -0.367 e. The quantitative estimate of drug-likeness (QED) is 0.651. The zero-order valence-corrected chi connectivity index (χ0v) is 20.1. The summed E-state index contributed by atoms with van der Waals surface area (Å²) in [6.07, 6.45) is 8.01. The molecular formula is C25H34ClN5O. The summed E-state index contributed by atoms with van der Waals surface area (Å²) in [5, 5.41) is 7.69. The van der Waals surface area contributed by atoms with Gasteiger partial charge in [-0.05, 0) is 63.1 Å². The molecule has 0 radical (unpaired) electrons. The van der Waals surface area contributed by atoms with E-state index in [1.165, 1.54) is 0 Å². The molecule has 2 aliphatic carbocycles. The summed E-state index contributed by atoms with van der Waals surface area (Å²) in [4.78, 5) is 24.5. The SMILES string of the molecule is Cc1nc(N[C@H]2CC[C@@H](NC(=O)C3(c4ccc(Cl)cc4)CCCC3)CC2)cc(N(C)C)n1. The average molecular weight is 456 g/mol. The Morgan fingerprint density at radius 1 is 1.03 bits per heavy atom. The van der Waals surface area contributed by atoms with E-state index < -0.39 is 5.41 Å². The molecule has 1 aromatic heterocycles. The number of carbonyl (C=O) groups is 1. The lowest BCUT2D eigenvalue weighted by molar-refractivity contribution is -0.127. The van der Waals surface area contributed by atoms with Crippen molar-refractivity contribution in [2.24, 2.45) is 0 Å². The van der Waals surface area contributed by atoms with Gasteiger partial charge in [-0.1, -0.05) is 36.6 Å². The molecule has 0 saturated heterocycles. The van der Waals surface area contributed by atoms with E-state index in [1.807, 2.05) is 56.3 Å². The van der Waals surface area contributed by atoms with E-state index in [-0.39, 0.29) is 11.9 Å². The number of nitrogens with zero attached hydrogens (tertiary/aromatic N) is 3. The normalized spacial score (nSPS) is 22.4. The van der Waals surface area contributed by atoms with Crippen LogP contribution in [0.5, 0.6) is 0 Å². The van der Waals surface area contributed by atoms with Gasteiger partial charge in [-0.15, -0.1) is 0 Å². The van der Waals surface area contributed by atoms with E-state index >= 15 is 0 Å². The highest BCUT2D eigenvalue weighted by atomic mass is 35.5. The molecule has 2 fully saturated rings. The Hall–Kier alpha value is -2.34. The van der Waals surface area contributed by atoms with Crippen molar-refractivity contribution in [1.82, 2.24) is 15.3 Å². The predicted molar refractivity (Wildman–Crippen MR) is 131 cm³/mol. The molecule has 172 valence electrons. The van der Waals surface area contributed by atoms with E-state index in [0.717, 1.165) is 74.4 Å². The molecule has 0 aliphatic heterocycles. The highest BCUT2D eigenvalue weighted by molar-refractivity contribution is 6.30. The van der Waals surface area contributed by atoms with Crippen LogP contribution in [0.25, 0.3) is 0 Å². The fourth-order valence-corrected chi connectivity index (χ4v) is 5.29. The molecule has 2 aromatic rings. The van der Waals surface area contributed by atoms with Crippen molar-refractivity contribution in [3.8, 4) is 0 Å². The monoisotopic (exact) mass is 455 g/mol. The van der Waals surface area contributed by atoms with Gasteiger partial charge in [0.1, 0.15) is 17.5 Å². The molecule has 1 aromatic carbocycles. The van der Waals surface area contributed by atoms with Crippen molar-refractivity contribution in [1.29, 1.82) is 0 Å². The molecule has 1 amide bonds. The van der Waals surface area contributed by atoms with Crippen LogP contribution in [0, 0.1) is 6.92 Å². The van der Waals surface area contributed by atoms with Crippen molar-refractivity contribution in [3.63, 3.8) is 0 Å². The first-order valence-electron chi connectivity index (χ1n) is 11.7. The fraction of sp³-hybridized carbons (Fsp3) is 0.560. The minimum atomic E-state index is -0.402. The third kappa shape index (κ3) is 5.01. The van der Waals surface area contributed by atoms with E-state index in [4.69, 9.17) is 11.6 Å². The Morgan fingerprint density at radius 2 is 1.66 bits per heavy atom. The first kappa shape index (κ1) is 22.8. The lowest BCUT2D eigenvalue weighted by atomic mass is 9.77. The number of aromatic nitrogens is 2. The Bertz CT molecular complexity index is 932. The number of aryl methyl sites for hydroxylation is 1. The van der Waals surface area contributed by atoms with Crippen LogP contribution in [-0.2, 0) is 10.2 Å². The summed E-state index contributed by atoms with van der Waals surface area (Å²) in [5.41, 5.74) is 0.698. The lowest BCUT2D eigenvalue weighted by Crippen LogP contribution is -2.48. The van der Waals surface area contributed by atoms with Crippen LogP contribution in [0.4, 0.5) is 11.6 Å². The molecule has 6 nitrogen and oxygen atoms in total. The second-order valence-electron chi connectivity index (χ2n) is 9.52. The number of anilines is 2. The van der Waals surface area contributed by atoms with Crippen LogP contribution in [-0.4, -0.2) is 42.1 Å². The summed E-state index contributed by atoms with van der Waals surface area (Å²) in [6, 6.07) is 10.4. The first-order chi connectivity index (χ1) is 15.4. The van der Waals surface area contributed by atoms with Crippen molar-refractivity contribution >= 4 is 29.1 Å². The Balaban J connectivity index is 1.35. The molecule has 0 bridgehead atoms. The van der Waals surface area contributed by atoms with Crippen LogP contribution in [0.2, 0.25) is 5.02 Å². The molecule has 1 heterocycles. The topological polar surface area (TPSA) is 70.2 Å². The number of carbonyl (C=O) groups excluding carboxylic acids is 1. The lowest BCUT2D eigenvalue weighted by Gasteiger charge is -2.34. The van der Waals surface area contributed by atoms with Gasteiger partial charge in [-0.2, -0.15) is 0 Å². The molecule has 2 N–H and O–H groups in total. The number of halogens is 1. The van der Waals surface area contributed by atoms with Gasteiger partial charge < -0.3 is 15.5 Å². The van der Waals surface area contributed by atoms with Gasteiger partial charge in [0, 0.05) is 37.3 Å². The van der Waals surface area contributed by atoms with Crippen LogP contribution < -0.4 is 15.5 Å². The van der Waals surface area contributed by atoms with E-state index in [2.05, 4.69) is 20.6 Å². The number of hydrogen-bond acceptors (Lipinski definition) is 5. The van der Waals surface area contributed by atoms with Crippen molar-refractivity contribution in [2.75, 3.05) is 24.3 Å². The molecule has 2 aliphatic rings. The second kappa shape index (κ2) is 9.65. The average Bonchev–Trinajstić information content (AvgIpc) is 3.26. The van der Waals surface area contributed by atoms with Crippen LogP contribution in [0.15, 0.2) is 30.3 Å². The Morgan fingerprint density at radius 3 is 2.28 bits per heavy atom. The molecular weight excluding hydrogens is 422 g/mol. The molecule has 0 atom stereocenters. The minimum absolute atomic E-state index is 0.191. The van der Waals surface area contributed by atoms with Crippen molar-refractivity contribution in [3.05, 3.63) is 46.7 Å². The third-order valence-corrected chi connectivity index (χ3v) is 7.24. The maximum Gasteiger partial charge on any atom is 0.230 e. The van der Waals surface area contributed by atoms with Gasteiger partial charge in [0.05, 0.1) is 5.41 Å². The zero-order valence-electron chi connectivity index (χ0n) is 19.3. The van der Waals surface area contributed by atoms with Gasteiger partial charge in [-0.3, -0.25) is 4.79 Å². The van der Waals surface area contributed by atoms with Gasteiger partial charge in [0.25, 0.3) is 0 Å². The van der Waals surface area contributed by atoms with E-state index in [9.17, 15) is 4.79 Å². The second-order valence-corrected chi connectivity index (χ2v) is 9.95. The molecule has 4 rings (SSSR count). The standard InChI is InChI=1S/C25H34ClN5O/c1-17-27-22(16-23(28-17)31(2)3)29-20-10-12-21(13-11-20)30-24(32)25(14-4-5-15-25)18-6-8-19(26)9-7-18/h6-9,16,20-21H,4-5,10-15H2,1-3H3,(H,30,32)(H,27,28,29)/t20-,21+. The van der Waals surface area contributed by atoms with Crippen LogP contribution >= 0.6 is 11.6 Å². The highest BCUT2D eigenvalue weighted by Crippen LogP contribution is 2.42. The maximum atomic E-state index is 13.5. The number of hydrogen-bond donors (Lipinski definition) is 2. The van der Waals surface area contributed by atoms with E-state index in [0.29, 0.717) is 11.1 Å². The number of nitrogens with one attached hydrogen (secondary N) is 2. The number of amides is 1. The third-order valence-electron chi connectivity index (χ3n) is 6.99. The fourth-order valence-electron chi connectivity index (χ4n) is 5.16. The molecule has 7 heteroatoms. The predicted octanol–water partition coefficient (Wildman–Crippen LogP) is 4.86. The maximum absolute atomic E-state index is 13.5. The Kier molecular flexibility index (Phi) is 6.89. The van der Waals surface area contributed by atoms with Gasteiger partial charge in [0.15, 0.2) is 0 Å². The van der Waals surface area contributed by atoms with Crippen LogP contribution in [0.3, 0.4) is 0 Å². The van der Waals surface area contributed by atoms with Crippen LogP contribution in [0.1, 0.15) is 62.8 Å². The summed E-state index contributed by atoms with van der Waals surface area (Å²) in [7, 11) is 3.97. The zero-order chi connectivity index (χ0) is 22.7. The smallest absolute Gasteiger partial charge is 0.230 e. The van der Waals surface area contributed by atoms with Gasteiger partial charge in [0.2, 0.25) is 5.91 Å². The van der Waals surface area contributed by atoms with E-state index in [1.54, 1.807) is 0 Å². The number of rotatable bonds is 6. The molecule has 0 unspecified atom stereocenters. The first-order valence-corrected chi connectivity index (χ1v) is 12.1. The summed E-state index contributed by atoms with van der Waals surface area (Å²) < 4.78 is 0. The number of benzene rings is 1. The van der Waals surface area contributed by atoms with Gasteiger partial charge in [-0.25, -0.2) is 9.97 Å². The highest BCUT2D eigenvalue weighted by Gasteiger charge is 2.43. The summed E-state index contributed by atoms with van der Waals surface area (Å²) >= 11 is 6.09. The van der Waals surface area contributed by atoms with Gasteiger partial charge >= 0.3 is 0 Å². The molecule has 0 spiro atoms. The summed E-state index contributed by atoms with van der Waals surface area (Å²) in [6.45, 7) is 1.92. The molecule has 32 heavy (non-hydrogen) atoms. The Labute approximate surface area is 196 Å².